The maximum atomic E-state index is 5.45. The zero-order chi connectivity index (χ0) is 9.64. The van der Waals surface area contributed by atoms with E-state index in [1.807, 2.05) is 0 Å². The maximum absolute atomic E-state index is 5.45. The van der Waals surface area contributed by atoms with Crippen molar-refractivity contribution < 1.29 is 4.74 Å². The minimum Gasteiger partial charge on any atom is -0.378 e. The molecule has 1 heterocycles. The predicted molar refractivity (Wildman–Crippen MR) is 61.9 cm³/mol. The number of hydrogen-bond acceptors (Lipinski definition) is 3. The van der Waals surface area contributed by atoms with Crippen molar-refractivity contribution >= 4 is 11.8 Å². The summed E-state index contributed by atoms with van der Waals surface area (Å²) in [6.45, 7) is 2.85. The lowest BCUT2D eigenvalue weighted by molar-refractivity contribution is 0.0837. The average Bonchev–Trinajstić information content (AvgIpc) is 2.29. The van der Waals surface area contributed by atoms with Crippen LogP contribution in [0, 0.1) is 0 Å². The van der Waals surface area contributed by atoms with Gasteiger partial charge in [0.05, 0.1) is 13.2 Å². The van der Waals surface area contributed by atoms with Gasteiger partial charge in [0.1, 0.15) is 0 Å². The van der Waals surface area contributed by atoms with E-state index in [0.29, 0.717) is 6.04 Å². The summed E-state index contributed by atoms with van der Waals surface area (Å²) < 4.78 is 5.45. The number of nitrogens with one attached hydrogen (secondary N) is 1. The Morgan fingerprint density at radius 3 is 2.79 bits per heavy atom. The molecule has 3 heteroatoms. The van der Waals surface area contributed by atoms with Crippen LogP contribution in [0.15, 0.2) is 0 Å². The van der Waals surface area contributed by atoms with Crippen LogP contribution < -0.4 is 5.32 Å². The number of ether oxygens (including phenoxy) is 1. The monoisotopic (exact) mass is 215 g/mol. The smallest absolute Gasteiger partial charge is 0.0628 e. The van der Waals surface area contributed by atoms with Gasteiger partial charge in [-0.2, -0.15) is 11.8 Å². The Morgan fingerprint density at radius 2 is 2.07 bits per heavy atom. The average molecular weight is 215 g/mol. The highest BCUT2D eigenvalue weighted by atomic mass is 32.2. The van der Waals surface area contributed by atoms with Crippen LogP contribution in [0.5, 0.6) is 0 Å². The Bertz CT molecular complexity index is 135. The second kappa shape index (κ2) is 5.99. The van der Waals surface area contributed by atoms with Crippen molar-refractivity contribution in [2.45, 2.75) is 43.4 Å². The summed E-state index contributed by atoms with van der Waals surface area (Å²) in [7, 11) is 0. The summed E-state index contributed by atoms with van der Waals surface area (Å²) >= 11 is 2.16. The summed E-state index contributed by atoms with van der Waals surface area (Å²) in [5, 5.41) is 4.45. The molecule has 0 aromatic heterocycles. The van der Waals surface area contributed by atoms with Crippen LogP contribution in [-0.4, -0.2) is 36.8 Å². The molecule has 1 saturated carbocycles. The van der Waals surface area contributed by atoms with E-state index in [2.05, 4.69) is 17.1 Å². The van der Waals surface area contributed by atoms with E-state index in [-0.39, 0.29) is 0 Å². The van der Waals surface area contributed by atoms with E-state index < -0.39 is 0 Å². The molecule has 1 aliphatic carbocycles. The molecular weight excluding hydrogens is 194 g/mol. The molecular formula is C11H21NOS. The van der Waals surface area contributed by atoms with Gasteiger partial charge in [0.15, 0.2) is 0 Å². The molecule has 1 N–H and O–H groups in total. The molecule has 0 radical (unpaired) electrons. The highest BCUT2D eigenvalue weighted by Gasteiger charge is 2.18. The summed E-state index contributed by atoms with van der Waals surface area (Å²) in [6, 6.07) is 0.607. The number of rotatable bonds is 3. The molecule has 0 aromatic carbocycles. The van der Waals surface area contributed by atoms with Crippen molar-refractivity contribution in [3.05, 3.63) is 0 Å². The van der Waals surface area contributed by atoms with Gasteiger partial charge in [-0.25, -0.2) is 0 Å². The molecule has 2 fully saturated rings. The Kier molecular flexibility index (Phi) is 4.61. The quantitative estimate of drug-likeness (QED) is 0.778. The Hall–Kier alpha value is 0.270. The first kappa shape index (κ1) is 10.8. The molecule has 1 aliphatic heterocycles. The van der Waals surface area contributed by atoms with E-state index in [9.17, 15) is 0 Å². The van der Waals surface area contributed by atoms with E-state index in [4.69, 9.17) is 4.74 Å². The second-order valence-electron chi connectivity index (χ2n) is 4.32. The predicted octanol–water partition coefficient (Wildman–Crippen LogP) is 2.04. The summed E-state index contributed by atoms with van der Waals surface area (Å²) in [6.07, 6.45) is 7.25. The topological polar surface area (TPSA) is 21.3 Å². The van der Waals surface area contributed by atoms with Crippen LogP contribution in [0.4, 0.5) is 0 Å². The fourth-order valence-electron chi connectivity index (χ4n) is 2.21. The SMILES string of the molecule is C1CCC(SCC2COCCN2)CC1. The summed E-state index contributed by atoms with van der Waals surface area (Å²) in [4.78, 5) is 0. The lowest BCUT2D eigenvalue weighted by Crippen LogP contribution is -2.43. The maximum Gasteiger partial charge on any atom is 0.0628 e. The van der Waals surface area contributed by atoms with Crippen molar-refractivity contribution in [3.8, 4) is 0 Å². The van der Waals surface area contributed by atoms with E-state index >= 15 is 0 Å². The molecule has 82 valence electrons. The second-order valence-corrected chi connectivity index (χ2v) is 5.65. The van der Waals surface area contributed by atoms with Gasteiger partial charge in [0.25, 0.3) is 0 Å². The highest BCUT2D eigenvalue weighted by Crippen LogP contribution is 2.28. The normalized spacial score (nSPS) is 30.4. The Morgan fingerprint density at radius 1 is 1.21 bits per heavy atom. The zero-order valence-electron chi connectivity index (χ0n) is 8.84. The third-order valence-corrected chi connectivity index (χ3v) is 4.62. The third kappa shape index (κ3) is 3.44. The van der Waals surface area contributed by atoms with Crippen molar-refractivity contribution in [2.24, 2.45) is 0 Å². The molecule has 1 atom stereocenters. The van der Waals surface area contributed by atoms with Crippen molar-refractivity contribution in [1.82, 2.24) is 5.32 Å². The van der Waals surface area contributed by atoms with Crippen molar-refractivity contribution in [2.75, 3.05) is 25.5 Å². The summed E-state index contributed by atoms with van der Waals surface area (Å²) in [5.74, 6) is 1.24. The molecule has 2 aliphatic rings. The van der Waals surface area contributed by atoms with E-state index in [1.165, 1.54) is 37.9 Å². The Labute approximate surface area is 91.2 Å². The minimum atomic E-state index is 0.607. The van der Waals surface area contributed by atoms with E-state index in [1.54, 1.807) is 0 Å². The van der Waals surface area contributed by atoms with Crippen LogP contribution in [-0.2, 0) is 4.74 Å². The first-order valence-corrected chi connectivity index (χ1v) is 6.93. The van der Waals surface area contributed by atoms with Gasteiger partial charge >= 0.3 is 0 Å². The molecule has 0 amide bonds. The Balaban J connectivity index is 1.60. The lowest BCUT2D eigenvalue weighted by Gasteiger charge is -2.27. The van der Waals surface area contributed by atoms with Gasteiger partial charge in [-0.1, -0.05) is 19.3 Å². The van der Waals surface area contributed by atoms with Crippen LogP contribution >= 0.6 is 11.8 Å². The first-order valence-electron chi connectivity index (χ1n) is 5.88. The number of thioether (sulfide) groups is 1. The van der Waals surface area contributed by atoms with Gasteiger partial charge in [-0.05, 0) is 12.8 Å². The molecule has 1 unspecified atom stereocenters. The third-order valence-electron chi connectivity index (χ3n) is 3.08. The molecule has 2 nitrogen and oxygen atoms in total. The molecule has 1 saturated heterocycles. The fraction of sp³-hybridized carbons (Fsp3) is 1.00. The van der Waals surface area contributed by atoms with Crippen LogP contribution in [0.1, 0.15) is 32.1 Å². The fourth-order valence-corrected chi connectivity index (χ4v) is 3.60. The van der Waals surface area contributed by atoms with Crippen molar-refractivity contribution in [3.63, 3.8) is 0 Å². The summed E-state index contributed by atoms with van der Waals surface area (Å²) in [5.41, 5.74) is 0. The van der Waals surface area contributed by atoms with Gasteiger partial charge in [-0.15, -0.1) is 0 Å². The molecule has 0 bridgehead atoms. The van der Waals surface area contributed by atoms with Crippen LogP contribution in [0.3, 0.4) is 0 Å². The van der Waals surface area contributed by atoms with E-state index in [0.717, 1.165) is 25.0 Å². The number of hydrogen-bond donors (Lipinski definition) is 1. The van der Waals surface area contributed by atoms with Crippen LogP contribution in [0.25, 0.3) is 0 Å². The molecule has 14 heavy (non-hydrogen) atoms. The van der Waals surface area contributed by atoms with Crippen LogP contribution in [0.2, 0.25) is 0 Å². The van der Waals surface area contributed by atoms with Gasteiger partial charge < -0.3 is 10.1 Å². The van der Waals surface area contributed by atoms with Crippen molar-refractivity contribution in [1.29, 1.82) is 0 Å². The van der Waals surface area contributed by atoms with Gasteiger partial charge in [0, 0.05) is 23.6 Å². The first-order chi connectivity index (χ1) is 6.95. The standard InChI is InChI=1S/C11H21NOS/c1-2-4-11(5-3-1)14-9-10-8-13-7-6-12-10/h10-12H,1-9H2. The lowest BCUT2D eigenvalue weighted by atomic mass is 10.0. The highest BCUT2D eigenvalue weighted by molar-refractivity contribution is 7.99. The zero-order valence-corrected chi connectivity index (χ0v) is 9.65. The molecule has 2 rings (SSSR count). The van der Waals surface area contributed by atoms with Gasteiger partial charge in [0.2, 0.25) is 0 Å². The molecule has 0 spiro atoms. The molecule has 0 aromatic rings. The number of morpholine rings is 1. The minimum absolute atomic E-state index is 0.607. The largest absolute Gasteiger partial charge is 0.378 e. The van der Waals surface area contributed by atoms with Gasteiger partial charge in [-0.3, -0.25) is 0 Å².